The molecule has 1 saturated heterocycles. The Hall–Kier alpha value is -0.0800. The lowest BCUT2D eigenvalue weighted by Crippen LogP contribution is -2.56. The fraction of sp³-hybridized carbons (Fsp3) is 1.00. The van der Waals surface area contributed by atoms with Gasteiger partial charge in [0, 0.05) is 13.1 Å². The second kappa shape index (κ2) is 2.21. The topological polar surface area (TPSA) is 21.3 Å². The van der Waals surface area contributed by atoms with Crippen molar-refractivity contribution in [3.63, 3.8) is 0 Å². The summed E-state index contributed by atoms with van der Waals surface area (Å²) in [4.78, 5) is 0. The van der Waals surface area contributed by atoms with Gasteiger partial charge >= 0.3 is 0 Å². The van der Waals surface area contributed by atoms with Gasteiger partial charge in [-0.15, -0.1) is 0 Å². The molecule has 2 aliphatic rings. The van der Waals surface area contributed by atoms with Crippen LogP contribution in [0.15, 0.2) is 0 Å². The number of nitrogens with one attached hydrogen (secondary N) is 1. The molecule has 2 fully saturated rings. The van der Waals surface area contributed by atoms with Crippen LogP contribution in [0, 0.1) is 0 Å². The van der Waals surface area contributed by atoms with E-state index in [0.717, 1.165) is 13.1 Å². The lowest BCUT2D eigenvalue weighted by Gasteiger charge is -2.47. The maximum absolute atomic E-state index is 5.85. The van der Waals surface area contributed by atoms with Crippen LogP contribution in [0.1, 0.15) is 26.2 Å². The Labute approximate surface area is 61.9 Å². The van der Waals surface area contributed by atoms with Crippen LogP contribution in [-0.4, -0.2) is 24.8 Å². The number of hydrogen-bond acceptors (Lipinski definition) is 2. The molecule has 2 rings (SSSR count). The molecule has 1 saturated carbocycles. The molecule has 1 spiro atoms. The average Bonchev–Trinajstić information content (AvgIpc) is 1.85. The van der Waals surface area contributed by atoms with E-state index in [1.165, 1.54) is 19.3 Å². The highest BCUT2D eigenvalue weighted by Crippen LogP contribution is 2.37. The third-order valence-corrected chi connectivity index (χ3v) is 2.59. The maximum atomic E-state index is 5.85. The van der Waals surface area contributed by atoms with Crippen LogP contribution in [-0.2, 0) is 4.74 Å². The first kappa shape index (κ1) is 6.62. The summed E-state index contributed by atoms with van der Waals surface area (Å²) in [5.74, 6) is 0. The van der Waals surface area contributed by atoms with Crippen LogP contribution in [0.3, 0.4) is 0 Å². The Kier molecular flexibility index (Phi) is 1.46. The van der Waals surface area contributed by atoms with E-state index in [4.69, 9.17) is 4.74 Å². The Bertz CT molecular complexity index is 131. The minimum Gasteiger partial charge on any atom is -0.369 e. The molecule has 58 valence electrons. The summed E-state index contributed by atoms with van der Waals surface area (Å²) in [6.07, 6.45) is 4.32. The van der Waals surface area contributed by atoms with Gasteiger partial charge in [-0.1, -0.05) is 0 Å². The van der Waals surface area contributed by atoms with E-state index < -0.39 is 0 Å². The molecule has 0 radical (unpaired) electrons. The van der Waals surface area contributed by atoms with Gasteiger partial charge in [-0.2, -0.15) is 0 Å². The first-order valence-electron chi connectivity index (χ1n) is 4.19. The highest BCUT2D eigenvalue weighted by Gasteiger charge is 2.41. The predicted octanol–water partition coefficient (Wildman–Crippen LogP) is 0.917. The molecule has 0 unspecified atom stereocenters. The highest BCUT2D eigenvalue weighted by atomic mass is 16.5. The van der Waals surface area contributed by atoms with Gasteiger partial charge < -0.3 is 10.1 Å². The molecule has 0 aromatic carbocycles. The van der Waals surface area contributed by atoms with E-state index in [-0.39, 0.29) is 5.60 Å². The standard InChI is InChI=1S/C8H15NO/c1-7-5-9-6-8(10-7)3-2-4-8/h7,9H,2-6H2,1H3/t7-/m1/s1. The normalized spacial score (nSPS) is 37.5. The molecule has 10 heavy (non-hydrogen) atoms. The van der Waals surface area contributed by atoms with Crippen LogP contribution in [0.5, 0.6) is 0 Å². The van der Waals surface area contributed by atoms with Crippen molar-refractivity contribution in [2.24, 2.45) is 0 Å². The summed E-state index contributed by atoms with van der Waals surface area (Å²) in [6.45, 7) is 4.26. The van der Waals surface area contributed by atoms with E-state index >= 15 is 0 Å². The molecule has 0 bridgehead atoms. The van der Waals surface area contributed by atoms with Gasteiger partial charge in [0.1, 0.15) is 0 Å². The van der Waals surface area contributed by atoms with Gasteiger partial charge in [0.15, 0.2) is 0 Å². The first-order chi connectivity index (χ1) is 4.81. The van der Waals surface area contributed by atoms with Gasteiger partial charge in [-0.05, 0) is 26.2 Å². The van der Waals surface area contributed by atoms with Crippen LogP contribution in [0.25, 0.3) is 0 Å². The number of hydrogen-bond donors (Lipinski definition) is 1. The van der Waals surface area contributed by atoms with Crippen molar-refractivity contribution >= 4 is 0 Å². The lowest BCUT2D eigenvalue weighted by atomic mass is 9.79. The molecule has 0 aromatic heterocycles. The molecule has 2 heteroatoms. The molecule has 1 aliphatic carbocycles. The summed E-state index contributed by atoms with van der Waals surface area (Å²) in [6, 6.07) is 0. The molecule has 1 N–H and O–H groups in total. The molecule has 1 heterocycles. The molecule has 2 nitrogen and oxygen atoms in total. The van der Waals surface area contributed by atoms with E-state index in [1.807, 2.05) is 0 Å². The van der Waals surface area contributed by atoms with Crippen LogP contribution < -0.4 is 5.32 Å². The van der Waals surface area contributed by atoms with Crippen molar-refractivity contribution in [2.75, 3.05) is 13.1 Å². The van der Waals surface area contributed by atoms with Crippen molar-refractivity contribution in [3.05, 3.63) is 0 Å². The Balaban J connectivity index is 1.96. The van der Waals surface area contributed by atoms with Gasteiger partial charge in [0.2, 0.25) is 0 Å². The molecule has 0 aromatic rings. The second-order valence-corrected chi connectivity index (χ2v) is 3.60. The zero-order valence-electron chi connectivity index (χ0n) is 6.52. The summed E-state index contributed by atoms with van der Waals surface area (Å²) in [5, 5.41) is 3.40. The highest BCUT2D eigenvalue weighted by molar-refractivity contribution is 4.95. The number of morpholine rings is 1. The van der Waals surface area contributed by atoms with Crippen molar-refractivity contribution in [3.8, 4) is 0 Å². The van der Waals surface area contributed by atoms with Crippen molar-refractivity contribution in [1.29, 1.82) is 0 Å². The van der Waals surface area contributed by atoms with Gasteiger partial charge in [0.25, 0.3) is 0 Å². The van der Waals surface area contributed by atoms with E-state index in [1.54, 1.807) is 0 Å². The number of rotatable bonds is 0. The SMILES string of the molecule is C[C@@H]1CNCC2(CCC2)O1. The molecule has 0 amide bonds. The van der Waals surface area contributed by atoms with Gasteiger partial charge in [-0.25, -0.2) is 0 Å². The predicted molar refractivity (Wildman–Crippen MR) is 40.0 cm³/mol. The van der Waals surface area contributed by atoms with Crippen LogP contribution in [0.2, 0.25) is 0 Å². The van der Waals surface area contributed by atoms with E-state index in [9.17, 15) is 0 Å². The zero-order chi connectivity index (χ0) is 7.03. The van der Waals surface area contributed by atoms with Crippen molar-refractivity contribution in [1.82, 2.24) is 5.32 Å². The van der Waals surface area contributed by atoms with Gasteiger partial charge in [-0.3, -0.25) is 0 Å². The molecule has 1 atom stereocenters. The number of ether oxygens (including phenoxy) is 1. The summed E-state index contributed by atoms with van der Waals surface area (Å²) < 4.78 is 5.85. The van der Waals surface area contributed by atoms with Crippen LogP contribution >= 0.6 is 0 Å². The van der Waals surface area contributed by atoms with Crippen molar-refractivity contribution in [2.45, 2.75) is 37.9 Å². The fourth-order valence-corrected chi connectivity index (χ4v) is 1.88. The second-order valence-electron chi connectivity index (χ2n) is 3.60. The smallest absolute Gasteiger partial charge is 0.0810 e. The fourth-order valence-electron chi connectivity index (χ4n) is 1.88. The van der Waals surface area contributed by atoms with Gasteiger partial charge in [0.05, 0.1) is 11.7 Å². The summed E-state index contributed by atoms with van der Waals surface area (Å²) >= 11 is 0. The first-order valence-corrected chi connectivity index (χ1v) is 4.19. The lowest BCUT2D eigenvalue weighted by molar-refractivity contribution is -0.150. The van der Waals surface area contributed by atoms with Crippen molar-refractivity contribution < 1.29 is 4.74 Å². The minimum absolute atomic E-state index is 0.262. The molecular weight excluding hydrogens is 126 g/mol. The Morgan fingerprint density at radius 2 is 2.30 bits per heavy atom. The summed E-state index contributed by atoms with van der Waals surface area (Å²) in [5.41, 5.74) is 0.262. The largest absolute Gasteiger partial charge is 0.369 e. The third-order valence-electron chi connectivity index (χ3n) is 2.59. The minimum atomic E-state index is 0.262. The van der Waals surface area contributed by atoms with E-state index in [0.29, 0.717) is 6.10 Å². The quantitative estimate of drug-likeness (QED) is 0.541. The Morgan fingerprint density at radius 3 is 2.70 bits per heavy atom. The summed E-state index contributed by atoms with van der Waals surface area (Å²) in [7, 11) is 0. The average molecular weight is 141 g/mol. The molecular formula is C8H15NO. The van der Waals surface area contributed by atoms with Crippen LogP contribution in [0.4, 0.5) is 0 Å². The maximum Gasteiger partial charge on any atom is 0.0810 e. The Morgan fingerprint density at radius 1 is 1.50 bits per heavy atom. The third kappa shape index (κ3) is 0.956. The zero-order valence-corrected chi connectivity index (χ0v) is 6.52. The molecule has 1 aliphatic heterocycles. The van der Waals surface area contributed by atoms with E-state index in [2.05, 4.69) is 12.2 Å². The monoisotopic (exact) mass is 141 g/mol.